The smallest absolute Gasteiger partial charge is 0.244 e. The number of amides is 1. The maximum absolute atomic E-state index is 12.8. The first-order valence-electron chi connectivity index (χ1n) is 9.36. The van der Waals surface area contributed by atoms with E-state index in [0.717, 1.165) is 17.4 Å². The van der Waals surface area contributed by atoms with Gasteiger partial charge < -0.3 is 10.1 Å². The fourth-order valence-electron chi connectivity index (χ4n) is 2.91. The average Bonchev–Trinajstić information content (AvgIpc) is 2.66. The molecule has 0 radical (unpaired) electrons. The number of rotatable bonds is 9. The summed E-state index contributed by atoms with van der Waals surface area (Å²) in [4.78, 5) is 12.8. The first kappa shape index (κ1) is 23.0. The van der Waals surface area contributed by atoms with E-state index in [4.69, 9.17) is 16.3 Å². The number of carbonyl (C=O) groups excluding carboxylic acids is 1. The number of benzene rings is 2. The van der Waals surface area contributed by atoms with Gasteiger partial charge in [-0.2, -0.15) is 0 Å². The van der Waals surface area contributed by atoms with Gasteiger partial charge in [0.2, 0.25) is 15.9 Å². The van der Waals surface area contributed by atoms with E-state index in [2.05, 4.69) is 5.32 Å². The van der Waals surface area contributed by atoms with E-state index in [-0.39, 0.29) is 19.1 Å². The Labute approximate surface area is 177 Å². The van der Waals surface area contributed by atoms with Gasteiger partial charge in [0.1, 0.15) is 18.4 Å². The highest BCUT2D eigenvalue weighted by molar-refractivity contribution is 7.92. The minimum absolute atomic E-state index is 0.252. The average molecular weight is 439 g/mol. The molecule has 29 heavy (non-hydrogen) atoms. The molecule has 0 saturated carbocycles. The Bertz CT molecular complexity index is 946. The number of carbonyl (C=O) groups is 1. The Morgan fingerprint density at radius 2 is 1.79 bits per heavy atom. The van der Waals surface area contributed by atoms with Crippen LogP contribution in [-0.2, 0) is 14.8 Å². The van der Waals surface area contributed by atoms with E-state index in [1.54, 1.807) is 43.3 Å². The third-order valence-corrected chi connectivity index (χ3v) is 5.99. The molecule has 2 aromatic carbocycles. The summed E-state index contributed by atoms with van der Waals surface area (Å²) in [6, 6.07) is 11.4. The van der Waals surface area contributed by atoms with Gasteiger partial charge in [0.15, 0.2) is 0 Å². The van der Waals surface area contributed by atoms with Crippen LogP contribution in [0, 0.1) is 13.8 Å². The molecule has 6 nitrogen and oxygen atoms in total. The molecule has 0 aliphatic rings. The van der Waals surface area contributed by atoms with Crippen LogP contribution in [0.3, 0.4) is 0 Å². The highest BCUT2D eigenvalue weighted by Crippen LogP contribution is 2.25. The van der Waals surface area contributed by atoms with Crippen molar-refractivity contribution >= 4 is 33.2 Å². The second-order valence-corrected chi connectivity index (χ2v) is 9.14. The SMILES string of the molecule is CC[C@@H](C(=O)NCCOc1ccc(Cl)cc1)N(c1ccc(C)c(C)c1)S(C)(=O)=O. The molecule has 2 rings (SSSR count). The molecule has 0 spiro atoms. The molecule has 1 atom stereocenters. The zero-order valence-electron chi connectivity index (χ0n) is 17.1. The molecule has 1 N–H and O–H groups in total. The Kier molecular flexibility index (Phi) is 7.93. The van der Waals surface area contributed by atoms with E-state index in [9.17, 15) is 13.2 Å². The summed E-state index contributed by atoms with van der Waals surface area (Å²) in [5.74, 6) is 0.277. The van der Waals surface area contributed by atoms with Crippen LogP contribution >= 0.6 is 11.6 Å². The highest BCUT2D eigenvalue weighted by Gasteiger charge is 2.31. The summed E-state index contributed by atoms with van der Waals surface area (Å²) in [5, 5.41) is 3.38. The molecular formula is C21H27ClN2O4S. The van der Waals surface area contributed by atoms with E-state index in [1.807, 2.05) is 19.9 Å². The van der Waals surface area contributed by atoms with Gasteiger partial charge in [-0.15, -0.1) is 0 Å². The standard InChI is InChI=1S/C21H27ClN2O4S/c1-5-20(21(25)23-12-13-28-19-10-7-17(22)8-11-19)24(29(4,26)27)18-9-6-15(2)16(3)14-18/h6-11,14,20H,5,12-13H2,1-4H3,(H,23,25)/t20-/m0/s1. The predicted molar refractivity (Wildman–Crippen MR) is 117 cm³/mol. The lowest BCUT2D eigenvalue weighted by Crippen LogP contribution is -2.50. The van der Waals surface area contributed by atoms with E-state index >= 15 is 0 Å². The molecule has 0 aliphatic carbocycles. The molecule has 158 valence electrons. The van der Waals surface area contributed by atoms with Crippen LogP contribution in [-0.4, -0.2) is 39.8 Å². The largest absolute Gasteiger partial charge is 0.492 e. The minimum Gasteiger partial charge on any atom is -0.492 e. The van der Waals surface area contributed by atoms with Gasteiger partial charge in [0.25, 0.3) is 0 Å². The Morgan fingerprint density at radius 1 is 1.14 bits per heavy atom. The molecule has 0 bridgehead atoms. The topological polar surface area (TPSA) is 75.7 Å². The number of ether oxygens (including phenoxy) is 1. The first-order chi connectivity index (χ1) is 13.6. The zero-order chi connectivity index (χ0) is 21.6. The lowest BCUT2D eigenvalue weighted by molar-refractivity contribution is -0.122. The second-order valence-electron chi connectivity index (χ2n) is 6.84. The summed E-state index contributed by atoms with van der Waals surface area (Å²) < 4.78 is 31.7. The molecule has 0 saturated heterocycles. The van der Waals surface area contributed by atoms with Crippen molar-refractivity contribution in [2.75, 3.05) is 23.7 Å². The van der Waals surface area contributed by atoms with Crippen molar-refractivity contribution in [1.29, 1.82) is 0 Å². The molecule has 2 aromatic rings. The summed E-state index contributed by atoms with van der Waals surface area (Å²) in [7, 11) is -3.65. The molecular weight excluding hydrogens is 412 g/mol. The fourth-order valence-corrected chi connectivity index (χ4v) is 4.24. The van der Waals surface area contributed by atoms with Crippen LogP contribution in [0.5, 0.6) is 5.75 Å². The quantitative estimate of drug-likeness (QED) is 0.606. The van der Waals surface area contributed by atoms with Crippen LogP contribution in [0.2, 0.25) is 5.02 Å². The van der Waals surface area contributed by atoms with Crippen molar-refractivity contribution in [3.05, 3.63) is 58.6 Å². The van der Waals surface area contributed by atoms with Crippen LogP contribution < -0.4 is 14.4 Å². The zero-order valence-corrected chi connectivity index (χ0v) is 18.7. The van der Waals surface area contributed by atoms with E-state index < -0.39 is 16.1 Å². The lowest BCUT2D eigenvalue weighted by Gasteiger charge is -2.30. The molecule has 0 fully saturated rings. The molecule has 0 aromatic heterocycles. The number of sulfonamides is 1. The highest BCUT2D eigenvalue weighted by atomic mass is 35.5. The van der Waals surface area contributed by atoms with Gasteiger partial charge >= 0.3 is 0 Å². The maximum Gasteiger partial charge on any atom is 0.244 e. The van der Waals surface area contributed by atoms with Crippen molar-refractivity contribution in [3.8, 4) is 5.75 Å². The van der Waals surface area contributed by atoms with Gasteiger partial charge in [0, 0.05) is 5.02 Å². The van der Waals surface area contributed by atoms with Crippen molar-refractivity contribution < 1.29 is 17.9 Å². The van der Waals surface area contributed by atoms with Gasteiger partial charge in [-0.1, -0.05) is 24.6 Å². The number of hydrogen-bond donors (Lipinski definition) is 1. The number of hydrogen-bond acceptors (Lipinski definition) is 4. The monoisotopic (exact) mass is 438 g/mol. The van der Waals surface area contributed by atoms with Crippen molar-refractivity contribution in [2.24, 2.45) is 0 Å². The fraction of sp³-hybridized carbons (Fsp3) is 0.381. The predicted octanol–water partition coefficient (Wildman–Crippen LogP) is 3.70. The molecule has 1 amide bonds. The summed E-state index contributed by atoms with van der Waals surface area (Å²) in [5.41, 5.74) is 2.50. The Hall–Kier alpha value is -2.25. The number of aryl methyl sites for hydroxylation is 2. The number of anilines is 1. The number of halogens is 1. The van der Waals surface area contributed by atoms with Crippen molar-refractivity contribution in [1.82, 2.24) is 5.32 Å². The number of nitrogens with zero attached hydrogens (tertiary/aromatic N) is 1. The lowest BCUT2D eigenvalue weighted by atomic mass is 10.1. The van der Waals surface area contributed by atoms with Crippen LogP contribution in [0.1, 0.15) is 24.5 Å². The van der Waals surface area contributed by atoms with Gasteiger partial charge in [-0.3, -0.25) is 9.10 Å². The van der Waals surface area contributed by atoms with Crippen LogP contribution in [0.4, 0.5) is 5.69 Å². The van der Waals surface area contributed by atoms with Crippen molar-refractivity contribution in [3.63, 3.8) is 0 Å². The third kappa shape index (κ3) is 6.37. The van der Waals surface area contributed by atoms with E-state index in [0.29, 0.717) is 22.9 Å². The summed E-state index contributed by atoms with van der Waals surface area (Å²) >= 11 is 5.83. The Balaban J connectivity index is 2.07. The van der Waals surface area contributed by atoms with Crippen LogP contribution in [0.25, 0.3) is 0 Å². The van der Waals surface area contributed by atoms with Gasteiger partial charge in [-0.05, 0) is 67.8 Å². The summed E-state index contributed by atoms with van der Waals surface area (Å²) in [6.45, 7) is 6.16. The van der Waals surface area contributed by atoms with Gasteiger partial charge in [0.05, 0.1) is 18.5 Å². The molecule has 0 aliphatic heterocycles. The third-order valence-electron chi connectivity index (χ3n) is 4.56. The number of nitrogens with one attached hydrogen (secondary N) is 1. The first-order valence-corrected chi connectivity index (χ1v) is 11.6. The van der Waals surface area contributed by atoms with Crippen molar-refractivity contribution in [2.45, 2.75) is 33.2 Å². The molecule has 0 unspecified atom stereocenters. The van der Waals surface area contributed by atoms with Gasteiger partial charge in [-0.25, -0.2) is 8.42 Å². The summed E-state index contributed by atoms with van der Waals surface area (Å²) in [6.07, 6.45) is 1.45. The van der Waals surface area contributed by atoms with Crippen LogP contribution in [0.15, 0.2) is 42.5 Å². The maximum atomic E-state index is 12.8. The molecule has 0 heterocycles. The van der Waals surface area contributed by atoms with E-state index in [1.165, 1.54) is 4.31 Å². The Morgan fingerprint density at radius 3 is 2.34 bits per heavy atom. The molecule has 8 heteroatoms. The normalized spacial score (nSPS) is 12.3. The second kappa shape index (κ2) is 9.98. The minimum atomic E-state index is -3.65.